The number of benzene rings is 1. The Kier molecular flexibility index (Phi) is 6.96. The van der Waals surface area contributed by atoms with E-state index in [2.05, 4.69) is 14.0 Å². The van der Waals surface area contributed by atoms with Crippen LogP contribution < -0.4 is 0 Å². The van der Waals surface area contributed by atoms with E-state index in [1.54, 1.807) is 0 Å². The van der Waals surface area contributed by atoms with Gasteiger partial charge in [0.15, 0.2) is 5.78 Å². The van der Waals surface area contributed by atoms with Gasteiger partial charge in [-0.05, 0) is 0 Å². The fourth-order valence-corrected chi connectivity index (χ4v) is 8.44. The monoisotopic (exact) mass is 407 g/mol. The lowest BCUT2D eigenvalue weighted by atomic mass is 10.2. The third kappa shape index (κ3) is 4.26. The number of hydrogen-bond donors (Lipinski definition) is 0. The Morgan fingerprint density at radius 3 is 1.50 bits per heavy atom. The molecular weight excluding hydrogens is 377 g/mol. The third-order valence-corrected chi connectivity index (χ3v) is 9.84. The number of ketones is 1. The van der Waals surface area contributed by atoms with Crippen molar-refractivity contribution in [3.63, 3.8) is 0 Å². The van der Waals surface area contributed by atoms with E-state index in [0.717, 1.165) is 44.8 Å². The smallest absolute Gasteiger partial charge is 0.189 e. The van der Waals surface area contributed by atoms with Gasteiger partial charge in [-0.25, -0.2) is 0 Å². The fourth-order valence-electron chi connectivity index (χ4n) is 4.16. The molecule has 3 fully saturated rings. The van der Waals surface area contributed by atoms with E-state index in [4.69, 9.17) is 14.2 Å². The van der Waals surface area contributed by atoms with Crippen molar-refractivity contribution in [2.75, 3.05) is 78.9 Å². The molecule has 3 aliphatic heterocycles. The second-order valence-electron chi connectivity index (χ2n) is 7.17. The molecule has 7 nitrogen and oxygen atoms in total. The highest BCUT2D eigenvalue weighted by Crippen LogP contribution is 2.58. The zero-order chi connectivity index (χ0) is 19.2. The molecule has 28 heavy (non-hydrogen) atoms. The molecule has 0 saturated carbocycles. The molecule has 0 atom stereocenters. The lowest BCUT2D eigenvalue weighted by molar-refractivity contribution is 0.0389. The van der Waals surface area contributed by atoms with Crippen LogP contribution in [0.1, 0.15) is 10.4 Å². The van der Waals surface area contributed by atoms with Crippen molar-refractivity contribution in [1.82, 2.24) is 14.0 Å². The zero-order valence-electron chi connectivity index (χ0n) is 16.4. The second kappa shape index (κ2) is 9.63. The maximum Gasteiger partial charge on any atom is 0.189 e. The van der Waals surface area contributed by atoms with Crippen LogP contribution in [0.25, 0.3) is 0 Å². The maximum absolute atomic E-state index is 13.4. The van der Waals surface area contributed by atoms with Crippen LogP contribution in [-0.2, 0) is 14.2 Å². The van der Waals surface area contributed by atoms with E-state index in [0.29, 0.717) is 39.6 Å². The zero-order valence-corrected chi connectivity index (χ0v) is 17.3. The summed E-state index contributed by atoms with van der Waals surface area (Å²) in [7, 11) is -2.16. The van der Waals surface area contributed by atoms with Crippen LogP contribution in [-0.4, -0.2) is 105 Å². The average Bonchev–Trinajstić information content (AvgIpc) is 2.80. The fraction of sp³-hybridized carbons (Fsp3) is 0.600. The van der Waals surface area contributed by atoms with Crippen LogP contribution in [0, 0.1) is 0 Å². The van der Waals surface area contributed by atoms with Gasteiger partial charge in [-0.15, -0.1) is 0 Å². The molecule has 0 aliphatic carbocycles. The first-order chi connectivity index (χ1) is 13.8. The topological polar surface area (TPSA) is 54.5 Å². The molecule has 0 bridgehead atoms. The highest BCUT2D eigenvalue weighted by atomic mass is 31.2. The molecule has 0 unspecified atom stereocenters. The first-order valence-corrected chi connectivity index (χ1v) is 11.9. The normalized spacial score (nSPS) is 23.4. The summed E-state index contributed by atoms with van der Waals surface area (Å²) in [5.41, 5.74) is 0.752. The van der Waals surface area contributed by atoms with Crippen LogP contribution in [0.4, 0.5) is 0 Å². The summed E-state index contributed by atoms with van der Waals surface area (Å²) in [5, 5.41) is 0. The molecule has 1 aromatic carbocycles. The quantitative estimate of drug-likeness (QED) is 0.541. The average molecular weight is 407 g/mol. The van der Waals surface area contributed by atoms with Crippen LogP contribution in [0.15, 0.2) is 30.3 Å². The molecule has 0 radical (unpaired) electrons. The summed E-state index contributed by atoms with van der Waals surface area (Å²) in [6.45, 7) is 9.36. The maximum atomic E-state index is 13.4. The van der Waals surface area contributed by atoms with Crippen molar-refractivity contribution in [2.45, 2.75) is 0 Å². The highest BCUT2D eigenvalue weighted by molar-refractivity contribution is 7.70. The summed E-state index contributed by atoms with van der Waals surface area (Å²) >= 11 is 0. The molecule has 154 valence electrons. The van der Waals surface area contributed by atoms with Crippen molar-refractivity contribution < 1.29 is 19.0 Å². The number of carbonyl (C=O) groups excluding carboxylic acids is 1. The Morgan fingerprint density at radius 1 is 0.714 bits per heavy atom. The number of carbonyl (C=O) groups is 1. The van der Waals surface area contributed by atoms with Gasteiger partial charge in [0.2, 0.25) is 0 Å². The van der Waals surface area contributed by atoms with Gasteiger partial charge in [0.1, 0.15) is 0 Å². The Labute approximate surface area is 167 Å². The molecule has 1 aromatic rings. The standard InChI is InChI=1S/C20H30N3O4P/c24-20(19-4-2-1-3-5-19)18-28(21-6-12-25-13-7-21,22-8-14-26-15-9-22)23-10-16-27-17-11-23/h1-5,18H,6-17H2. The van der Waals surface area contributed by atoms with Crippen molar-refractivity contribution in [3.8, 4) is 0 Å². The lowest BCUT2D eigenvalue weighted by Gasteiger charge is -2.53. The number of morpholine rings is 3. The first kappa shape index (κ1) is 20.2. The summed E-state index contributed by atoms with van der Waals surface area (Å²) in [6.07, 6.45) is 0. The second-order valence-corrected chi connectivity index (χ2v) is 10.4. The summed E-state index contributed by atoms with van der Waals surface area (Å²) < 4.78 is 24.5. The van der Waals surface area contributed by atoms with Crippen molar-refractivity contribution in [1.29, 1.82) is 0 Å². The molecule has 8 heteroatoms. The summed E-state index contributed by atoms with van der Waals surface area (Å²) in [4.78, 5) is 13.4. The highest BCUT2D eigenvalue weighted by Gasteiger charge is 2.40. The minimum Gasteiger partial charge on any atom is -0.379 e. The van der Waals surface area contributed by atoms with E-state index in [1.165, 1.54) is 0 Å². The van der Waals surface area contributed by atoms with E-state index in [9.17, 15) is 4.79 Å². The summed E-state index contributed by atoms with van der Waals surface area (Å²) in [5.74, 6) is 2.16. The van der Waals surface area contributed by atoms with Gasteiger partial charge >= 0.3 is 0 Å². The number of nitrogens with zero attached hydrogens (tertiary/aromatic N) is 3. The Morgan fingerprint density at radius 2 is 1.11 bits per heavy atom. The van der Waals surface area contributed by atoms with E-state index in [1.807, 2.05) is 36.1 Å². The molecule has 4 rings (SSSR count). The van der Waals surface area contributed by atoms with E-state index >= 15 is 0 Å². The molecule has 0 aromatic heterocycles. The molecule has 3 heterocycles. The lowest BCUT2D eigenvalue weighted by Crippen LogP contribution is -2.51. The minimum atomic E-state index is -2.16. The Bertz CT molecular complexity index is 644. The summed E-state index contributed by atoms with van der Waals surface area (Å²) in [6, 6.07) is 9.63. The van der Waals surface area contributed by atoms with Crippen LogP contribution in [0.3, 0.4) is 0 Å². The van der Waals surface area contributed by atoms with Crippen LogP contribution in [0.5, 0.6) is 0 Å². The molecule has 0 spiro atoms. The molecule has 0 N–H and O–H groups in total. The Hall–Kier alpha value is -1.05. The largest absolute Gasteiger partial charge is 0.379 e. The number of ether oxygens (including phenoxy) is 3. The van der Waals surface area contributed by atoms with Crippen LogP contribution >= 0.6 is 7.34 Å². The van der Waals surface area contributed by atoms with Crippen molar-refractivity contribution in [3.05, 3.63) is 35.9 Å². The number of hydrogen-bond acceptors (Lipinski definition) is 7. The van der Waals surface area contributed by atoms with Crippen molar-refractivity contribution in [2.24, 2.45) is 0 Å². The molecule has 3 aliphatic rings. The van der Waals surface area contributed by atoms with Gasteiger partial charge < -0.3 is 14.2 Å². The predicted octanol–water partition coefficient (Wildman–Crippen LogP) is 1.43. The van der Waals surface area contributed by atoms with Crippen LogP contribution in [0.2, 0.25) is 0 Å². The predicted molar refractivity (Wildman–Crippen MR) is 111 cm³/mol. The Balaban J connectivity index is 1.80. The van der Waals surface area contributed by atoms with E-state index < -0.39 is 7.34 Å². The van der Waals surface area contributed by atoms with Gasteiger partial charge in [-0.2, -0.15) is 0 Å². The number of Topliss-reactive ketones (excluding diaryl/α,β-unsaturated/α-hetero) is 1. The SMILES string of the molecule is O=C(C=P(N1CCOCC1)(N1CCOCC1)N1CCOCC1)c1ccccc1. The van der Waals surface area contributed by atoms with Gasteiger partial charge in [-0.3, -0.25) is 18.8 Å². The van der Waals surface area contributed by atoms with Gasteiger partial charge in [0.25, 0.3) is 0 Å². The first-order valence-electron chi connectivity index (χ1n) is 10.1. The van der Waals surface area contributed by atoms with Gasteiger partial charge in [-0.1, -0.05) is 30.3 Å². The minimum absolute atomic E-state index is 0.110. The third-order valence-electron chi connectivity index (χ3n) is 5.56. The molecular formula is C20H30N3O4P. The van der Waals surface area contributed by atoms with Crippen molar-refractivity contribution >= 4 is 18.9 Å². The van der Waals surface area contributed by atoms with Gasteiger partial charge in [0.05, 0.1) is 47.0 Å². The van der Waals surface area contributed by atoms with Gasteiger partial charge in [0, 0.05) is 50.6 Å². The molecule has 3 saturated heterocycles. The van der Waals surface area contributed by atoms with E-state index in [-0.39, 0.29) is 5.78 Å². The number of rotatable bonds is 5. The molecule has 0 amide bonds.